The topological polar surface area (TPSA) is 12.5 Å². The Morgan fingerprint density at radius 3 is 1.75 bits per heavy atom. The zero-order valence-corrected chi connectivity index (χ0v) is 17.1. The Morgan fingerprint density at radius 1 is 0.643 bits per heavy atom. The van der Waals surface area contributed by atoms with Crippen molar-refractivity contribution >= 4 is 10.9 Å². The quantitative estimate of drug-likeness (QED) is 0.484. The van der Waals surface area contributed by atoms with Crippen LogP contribution in [0.1, 0.15) is 19.3 Å². The van der Waals surface area contributed by atoms with E-state index in [0.29, 0.717) is 0 Å². The molecule has 0 saturated carbocycles. The summed E-state index contributed by atoms with van der Waals surface area (Å²) in [4.78, 5) is 6.51. The van der Waals surface area contributed by atoms with Crippen molar-refractivity contribution in [3.8, 4) is 5.75 Å². The van der Waals surface area contributed by atoms with Crippen molar-refractivity contribution in [1.29, 1.82) is 0 Å². The molecule has 0 radical (unpaired) electrons. The molecule has 0 unspecified atom stereocenters. The summed E-state index contributed by atoms with van der Waals surface area (Å²) in [6.45, 7) is 4.24. The van der Waals surface area contributed by atoms with Crippen molar-refractivity contribution < 1.29 is 4.74 Å². The number of likely N-dealkylation sites (tertiary alicyclic amines) is 1. The maximum absolute atomic E-state index is 6.02. The van der Waals surface area contributed by atoms with E-state index in [1.807, 2.05) is 0 Å². The van der Waals surface area contributed by atoms with Gasteiger partial charge in [0.1, 0.15) is 12.4 Å². The van der Waals surface area contributed by atoms with Gasteiger partial charge in [-0.05, 0) is 74.5 Å². The van der Waals surface area contributed by atoms with E-state index < -0.39 is 0 Å². The molecule has 3 aromatic rings. The van der Waals surface area contributed by atoms with Crippen molar-refractivity contribution in [2.45, 2.75) is 33.9 Å². The lowest BCUT2D eigenvalue weighted by Gasteiger charge is -2.26. The molecule has 3 aromatic carbocycles. The molecule has 0 aromatic heterocycles. The van der Waals surface area contributed by atoms with Crippen molar-refractivity contribution in [3.63, 3.8) is 0 Å². The molecule has 0 atom stereocenters. The Hall–Kier alpha value is -2.23. The monoisotopic (exact) mass is 390 g/mol. The second kappa shape index (κ2) is 9.81. The highest BCUT2D eigenvalue weighted by Crippen LogP contribution is 2.31. The predicted molar refractivity (Wildman–Crippen MR) is 117 cm³/mol. The van der Waals surface area contributed by atoms with Crippen LogP contribution >= 0.6 is 0 Å². The molecular weight excluding hydrogens is 362 g/mol. The van der Waals surface area contributed by atoms with Gasteiger partial charge in [0, 0.05) is 6.54 Å². The standard InChI is InChI=1S/C25H28NOS/c1-4-10-23(11-5-1)28(24-12-6-2-7-13-24)25-16-14-22(15-17-25)27-21-20-26-18-8-3-9-19-26/h1-2,4-7,10-17H,3,8-9,18-21H2/q+1. The Labute approximate surface area is 171 Å². The molecule has 0 aliphatic carbocycles. The van der Waals surface area contributed by atoms with E-state index in [0.717, 1.165) is 18.9 Å². The molecule has 0 amide bonds. The zero-order chi connectivity index (χ0) is 19.0. The van der Waals surface area contributed by atoms with Crippen LogP contribution in [0, 0.1) is 0 Å². The summed E-state index contributed by atoms with van der Waals surface area (Å²) >= 11 is 0. The molecule has 3 heteroatoms. The molecule has 0 N–H and O–H groups in total. The first kappa shape index (κ1) is 19.1. The zero-order valence-electron chi connectivity index (χ0n) is 16.3. The van der Waals surface area contributed by atoms with E-state index in [9.17, 15) is 0 Å². The lowest BCUT2D eigenvalue weighted by Crippen LogP contribution is -2.33. The minimum Gasteiger partial charge on any atom is -0.492 e. The molecule has 2 nitrogen and oxygen atoms in total. The van der Waals surface area contributed by atoms with Gasteiger partial charge in [-0.1, -0.05) is 42.8 Å². The molecule has 0 spiro atoms. The fraction of sp³-hybridized carbons (Fsp3) is 0.280. The Bertz CT molecular complexity index is 790. The average molecular weight is 391 g/mol. The molecule has 144 valence electrons. The summed E-state index contributed by atoms with van der Waals surface area (Å²) in [5, 5.41) is 0. The van der Waals surface area contributed by atoms with Crippen LogP contribution < -0.4 is 4.74 Å². The molecule has 28 heavy (non-hydrogen) atoms. The smallest absolute Gasteiger partial charge is 0.166 e. The fourth-order valence-corrected chi connectivity index (χ4v) is 5.75. The minimum atomic E-state index is -0.0963. The van der Waals surface area contributed by atoms with Gasteiger partial charge in [0.2, 0.25) is 0 Å². The SMILES string of the molecule is c1ccc([S+](c2ccccc2)c2ccc(OCCN3CCCCC3)cc2)cc1. The second-order valence-electron chi connectivity index (χ2n) is 7.15. The largest absolute Gasteiger partial charge is 0.492 e. The van der Waals surface area contributed by atoms with Crippen LogP contribution in [0.3, 0.4) is 0 Å². The first-order valence-electron chi connectivity index (χ1n) is 10.2. The van der Waals surface area contributed by atoms with Crippen LogP contribution in [-0.2, 0) is 10.9 Å². The van der Waals surface area contributed by atoms with Crippen LogP contribution in [0.2, 0.25) is 0 Å². The van der Waals surface area contributed by atoms with Gasteiger partial charge in [0.05, 0.1) is 10.9 Å². The first-order chi connectivity index (χ1) is 13.9. The molecular formula is C25H28NOS+. The van der Waals surface area contributed by atoms with E-state index >= 15 is 0 Å². The molecule has 1 heterocycles. The Balaban J connectivity index is 1.45. The molecule has 1 saturated heterocycles. The van der Waals surface area contributed by atoms with Gasteiger partial charge < -0.3 is 4.74 Å². The molecule has 0 bridgehead atoms. The van der Waals surface area contributed by atoms with E-state index in [-0.39, 0.29) is 10.9 Å². The van der Waals surface area contributed by atoms with E-state index in [4.69, 9.17) is 4.74 Å². The average Bonchev–Trinajstić information content (AvgIpc) is 2.77. The summed E-state index contributed by atoms with van der Waals surface area (Å²) in [6.07, 6.45) is 4.04. The molecule has 1 aliphatic rings. The van der Waals surface area contributed by atoms with Gasteiger partial charge in [-0.2, -0.15) is 0 Å². The third-order valence-electron chi connectivity index (χ3n) is 5.14. The van der Waals surface area contributed by atoms with Crippen molar-refractivity contribution in [3.05, 3.63) is 84.9 Å². The van der Waals surface area contributed by atoms with Crippen LogP contribution in [-0.4, -0.2) is 31.1 Å². The van der Waals surface area contributed by atoms with Crippen LogP contribution in [0.4, 0.5) is 0 Å². The summed E-state index contributed by atoms with van der Waals surface area (Å²) in [5.41, 5.74) is 0. The molecule has 4 rings (SSSR count). The van der Waals surface area contributed by atoms with E-state index in [2.05, 4.69) is 89.8 Å². The molecule has 1 fully saturated rings. The van der Waals surface area contributed by atoms with E-state index in [1.54, 1.807) is 0 Å². The third-order valence-corrected chi connectivity index (χ3v) is 7.37. The number of benzene rings is 3. The van der Waals surface area contributed by atoms with Gasteiger partial charge >= 0.3 is 0 Å². The maximum atomic E-state index is 6.02. The second-order valence-corrected chi connectivity index (χ2v) is 9.18. The normalized spacial score (nSPS) is 14.9. The Kier molecular flexibility index (Phi) is 6.69. The number of hydrogen-bond donors (Lipinski definition) is 0. The highest BCUT2D eigenvalue weighted by atomic mass is 32.2. The number of hydrogen-bond acceptors (Lipinski definition) is 2. The summed E-state index contributed by atoms with van der Waals surface area (Å²) < 4.78 is 6.02. The van der Waals surface area contributed by atoms with Crippen LogP contribution in [0.15, 0.2) is 99.6 Å². The lowest BCUT2D eigenvalue weighted by molar-refractivity contribution is 0.183. The van der Waals surface area contributed by atoms with Gasteiger partial charge in [-0.25, -0.2) is 0 Å². The van der Waals surface area contributed by atoms with Gasteiger partial charge in [0.15, 0.2) is 14.7 Å². The number of ether oxygens (including phenoxy) is 1. The van der Waals surface area contributed by atoms with Crippen molar-refractivity contribution in [2.75, 3.05) is 26.2 Å². The number of rotatable bonds is 7. The highest BCUT2D eigenvalue weighted by Gasteiger charge is 2.28. The van der Waals surface area contributed by atoms with Gasteiger partial charge in [0.25, 0.3) is 0 Å². The maximum Gasteiger partial charge on any atom is 0.166 e. The summed E-state index contributed by atoms with van der Waals surface area (Å²) in [7, 11) is -0.0963. The lowest BCUT2D eigenvalue weighted by atomic mass is 10.1. The number of piperidine rings is 1. The van der Waals surface area contributed by atoms with Crippen LogP contribution in [0.5, 0.6) is 5.75 Å². The summed E-state index contributed by atoms with van der Waals surface area (Å²) in [6, 6.07) is 30.2. The van der Waals surface area contributed by atoms with Crippen molar-refractivity contribution in [1.82, 2.24) is 4.90 Å². The van der Waals surface area contributed by atoms with Gasteiger partial charge in [-0.15, -0.1) is 0 Å². The Morgan fingerprint density at radius 2 is 1.18 bits per heavy atom. The van der Waals surface area contributed by atoms with Crippen LogP contribution in [0.25, 0.3) is 0 Å². The molecule has 1 aliphatic heterocycles. The predicted octanol–water partition coefficient (Wildman–Crippen LogP) is 5.65. The highest BCUT2D eigenvalue weighted by molar-refractivity contribution is 7.97. The summed E-state index contributed by atoms with van der Waals surface area (Å²) in [5.74, 6) is 0.963. The first-order valence-corrected chi connectivity index (χ1v) is 11.4. The minimum absolute atomic E-state index is 0.0963. The van der Waals surface area contributed by atoms with Gasteiger partial charge in [-0.3, -0.25) is 4.90 Å². The van der Waals surface area contributed by atoms with Crippen molar-refractivity contribution in [2.24, 2.45) is 0 Å². The third kappa shape index (κ3) is 4.98. The fourth-order valence-electron chi connectivity index (χ4n) is 3.67. The van der Waals surface area contributed by atoms with E-state index in [1.165, 1.54) is 47.0 Å². The number of nitrogens with zero attached hydrogens (tertiary/aromatic N) is 1.